The Morgan fingerprint density at radius 1 is 1.35 bits per heavy atom. The third-order valence-corrected chi connectivity index (χ3v) is 3.56. The molecule has 0 radical (unpaired) electrons. The number of nitrogens with two attached hydrogens (primary N) is 1. The van der Waals surface area contributed by atoms with Gasteiger partial charge in [-0.25, -0.2) is 9.18 Å². The van der Waals surface area contributed by atoms with Crippen molar-refractivity contribution in [2.75, 3.05) is 5.32 Å². The van der Waals surface area contributed by atoms with Crippen molar-refractivity contribution in [1.29, 1.82) is 0 Å². The molecule has 2 rings (SSSR count). The Balaban J connectivity index is 2.14. The molecule has 108 valence electrons. The molecule has 1 saturated carbocycles. The van der Waals surface area contributed by atoms with Crippen molar-refractivity contribution in [3.8, 4) is 0 Å². The van der Waals surface area contributed by atoms with Crippen LogP contribution in [0.1, 0.15) is 36.0 Å². The average Bonchev–Trinajstić information content (AvgIpc) is 2.38. The van der Waals surface area contributed by atoms with Gasteiger partial charge in [-0.1, -0.05) is 6.42 Å². The summed E-state index contributed by atoms with van der Waals surface area (Å²) in [5.74, 6) is -2.34. The average molecular weight is 280 g/mol. The van der Waals surface area contributed by atoms with Crippen molar-refractivity contribution in [3.63, 3.8) is 0 Å². The number of anilines is 1. The molecular formula is C14H17FN2O3. The highest BCUT2D eigenvalue weighted by Gasteiger charge is 2.26. The number of carbonyl (C=O) groups excluding carboxylic acids is 1. The molecule has 1 amide bonds. The van der Waals surface area contributed by atoms with Crippen LogP contribution in [0.5, 0.6) is 0 Å². The van der Waals surface area contributed by atoms with E-state index in [1.807, 2.05) is 0 Å². The van der Waals surface area contributed by atoms with Crippen LogP contribution in [0.2, 0.25) is 0 Å². The van der Waals surface area contributed by atoms with Crippen molar-refractivity contribution in [1.82, 2.24) is 0 Å². The SMILES string of the molecule is NC1CCCC(C(=O)Nc2cc(F)ccc2C(=O)O)C1. The van der Waals surface area contributed by atoms with Crippen molar-refractivity contribution < 1.29 is 19.1 Å². The van der Waals surface area contributed by atoms with Gasteiger partial charge in [0.2, 0.25) is 5.91 Å². The van der Waals surface area contributed by atoms with Crippen LogP contribution < -0.4 is 11.1 Å². The van der Waals surface area contributed by atoms with Gasteiger partial charge in [-0.15, -0.1) is 0 Å². The minimum absolute atomic E-state index is 0.00838. The van der Waals surface area contributed by atoms with E-state index >= 15 is 0 Å². The van der Waals surface area contributed by atoms with Crippen LogP contribution in [0.15, 0.2) is 18.2 Å². The summed E-state index contributed by atoms with van der Waals surface area (Å²) in [4.78, 5) is 23.2. The number of hydrogen-bond donors (Lipinski definition) is 3. The molecule has 1 fully saturated rings. The fraction of sp³-hybridized carbons (Fsp3) is 0.429. The summed E-state index contributed by atoms with van der Waals surface area (Å²) < 4.78 is 13.2. The maximum Gasteiger partial charge on any atom is 0.337 e. The molecule has 4 N–H and O–H groups in total. The summed E-state index contributed by atoms with van der Waals surface area (Å²) in [5, 5.41) is 11.5. The van der Waals surface area contributed by atoms with Crippen molar-refractivity contribution in [3.05, 3.63) is 29.6 Å². The third-order valence-electron chi connectivity index (χ3n) is 3.56. The van der Waals surface area contributed by atoms with Crippen LogP contribution in [0.4, 0.5) is 10.1 Å². The Hall–Kier alpha value is -1.95. The number of aromatic carboxylic acids is 1. The number of hydrogen-bond acceptors (Lipinski definition) is 3. The van der Waals surface area contributed by atoms with E-state index < -0.39 is 11.8 Å². The molecule has 0 aromatic heterocycles. The molecule has 1 aromatic carbocycles. The van der Waals surface area contributed by atoms with Crippen molar-refractivity contribution >= 4 is 17.6 Å². The van der Waals surface area contributed by atoms with Crippen molar-refractivity contribution in [2.24, 2.45) is 11.7 Å². The van der Waals surface area contributed by atoms with Gasteiger partial charge in [0, 0.05) is 12.0 Å². The second-order valence-electron chi connectivity index (χ2n) is 5.11. The fourth-order valence-corrected chi connectivity index (χ4v) is 2.51. The molecule has 0 bridgehead atoms. The van der Waals surface area contributed by atoms with Crippen LogP contribution in [0, 0.1) is 11.7 Å². The first-order valence-corrected chi connectivity index (χ1v) is 6.56. The van der Waals surface area contributed by atoms with Crippen LogP contribution in [0.25, 0.3) is 0 Å². The minimum atomic E-state index is -1.21. The minimum Gasteiger partial charge on any atom is -0.478 e. The molecule has 1 aromatic rings. The molecule has 2 unspecified atom stereocenters. The Morgan fingerprint density at radius 3 is 2.75 bits per heavy atom. The lowest BCUT2D eigenvalue weighted by Crippen LogP contribution is -2.34. The van der Waals surface area contributed by atoms with Crippen LogP contribution in [0.3, 0.4) is 0 Å². The van der Waals surface area contributed by atoms with Gasteiger partial charge in [-0.05, 0) is 37.5 Å². The van der Waals surface area contributed by atoms with Gasteiger partial charge < -0.3 is 16.2 Å². The largest absolute Gasteiger partial charge is 0.478 e. The lowest BCUT2D eigenvalue weighted by Gasteiger charge is -2.25. The first kappa shape index (κ1) is 14.5. The van der Waals surface area contributed by atoms with E-state index in [1.165, 1.54) is 0 Å². The van der Waals surface area contributed by atoms with E-state index in [-0.39, 0.29) is 29.1 Å². The van der Waals surface area contributed by atoms with E-state index in [1.54, 1.807) is 0 Å². The topological polar surface area (TPSA) is 92.4 Å². The lowest BCUT2D eigenvalue weighted by atomic mass is 9.85. The third kappa shape index (κ3) is 3.33. The van der Waals surface area contributed by atoms with Gasteiger partial charge in [0.15, 0.2) is 0 Å². The van der Waals surface area contributed by atoms with Gasteiger partial charge in [0.05, 0.1) is 11.3 Å². The number of rotatable bonds is 3. The zero-order valence-corrected chi connectivity index (χ0v) is 10.9. The van der Waals surface area contributed by atoms with Gasteiger partial charge in [-0.3, -0.25) is 4.79 Å². The highest BCUT2D eigenvalue weighted by Crippen LogP contribution is 2.25. The quantitative estimate of drug-likeness (QED) is 0.789. The van der Waals surface area contributed by atoms with Gasteiger partial charge in [-0.2, -0.15) is 0 Å². The maximum absolute atomic E-state index is 13.2. The van der Waals surface area contributed by atoms with E-state index in [0.717, 1.165) is 37.5 Å². The molecule has 0 heterocycles. The molecule has 20 heavy (non-hydrogen) atoms. The normalized spacial score (nSPS) is 22.3. The molecule has 2 atom stereocenters. The number of carboxylic acid groups (broad SMARTS) is 1. The summed E-state index contributed by atoms with van der Waals surface area (Å²) in [6.45, 7) is 0. The Labute approximate surface area is 116 Å². The number of carboxylic acids is 1. The van der Waals surface area contributed by atoms with E-state index in [2.05, 4.69) is 5.32 Å². The van der Waals surface area contributed by atoms with Gasteiger partial charge in [0.25, 0.3) is 0 Å². The summed E-state index contributed by atoms with van der Waals surface area (Å²) in [6, 6.07) is 3.20. The molecule has 0 aliphatic heterocycles. The molecule has 6 heteroatoms. The van der Waals surface area contributed by atoms with Crippen LogP contribution >= 0.6 is 0 Å². The van der Waals surface area contributed by atoms with E-state index in [0.29, 0.717) is 6.42 Å². The zero-order valence-electron chi connectivity index (χ0n) is 10.9. The Bertz CT molecular complexity index is 533. The summed E-state index contributed by atoms with van der Waals surface area (Å²) in [7, 11) is 0. The Kier molecular flexibility index (Phi) is 4.34. The Morgan fingerprint density at radius 2 is 2.10 bits per heavy atom. The second-order valence-corrected chi connectivity index (χ2v) is 5.11. The number of carbonyl (C=O) groups is 2. The van der Waals surface area contributed by atoms with Crippen LogP contribution in [-0.4, -0.2) is 23.0 Å². The smallest absolute Gasteiger partial charge is 0.337 e. The van der Waals surface area contributed by atoms with E-state index in [4.69, 9.17) is 10.8 Å². The van der Waals surface area contributed by atoms with Gasteiger partial charge >= 0.3 is 5.97 Å². The fourth-order valence-electron chi connectivity index (χ4n) is 2.51. The number of halogens is 1. The van der Waals surface area contributed by atoms with Crippen LogP contribution in [-0.2, 0) is 4.79 Å². The number of nitrogens with one attached hydrogen (secondary N) is 1. The molecule has 0 spiro atoms. The monoisotopic (exact) mass is 280 g/mol. The summed E-state index contributed by atoms with van der Waals surface area (Å²) in [6.07, 6.45) is 3.05. The number of amides is 1. The standard InChI is InChI=1S/C14H17FN2O3/c15-9-4-5-11(14(19)20)12(7-9)17-13(18)8-2-1-3-10(16)6-8/h4-5,7-8,10H,1-3,6,16H2,(H,17,18)(H,19,20). The predicted molar refractivity (Wildman–Crippen MR) is 71.9 cm³/mol. The summed E-state index contributed by atoms with van der Waals surface area (Å²) in [5.41, 5.74) is 5.69. The van der Waals surface area contributed by atoms with Gasteiger partial charge in [0.1, 0.15) is 5.82 Å². The molecule has 0 saturated heterocycles. The first-order valence-electron chi connectivity index (χ1n) is 6.56. The molecule has 1 aliphatic rings. The first-order chi connectivity index (χ1) is 9.47. The predicted octanol–water partition coefficient (Wildman–Crippen LogP) is 1.98. The number of benzene rings is 1. The van der Waals surface area contributed by atoms with Crippen molar-refractivity contribution in [2.45, 2.75) is 31.7 Å². The molecule has 5 nitrogen and oxygen atoms in total. The maximum atomic E-state index is 13.2. The zero-order chi connectivity index (χ0) is 14.7. The highest BCUT2D eigenvalue weighted by atomic mass is 19.1. The second kappa shape index (κ2) is 6.00. The summed E-state index contributed by atoms with van der Waals surface area (Å²) >= 11 is 0. The molecular weight excluding hydrogens is 263 g/mol. The lowest BCUT2D eigenvalue weighted by molar-refractivity contribution is -0.120. The van der Waals surface area contributed by atoms with E-state index in [9.17, 15) is 14.0 Å². The highest BCUT2D eigenvalue weighted by molar-refractivity contribution is 6.01. The molecule has 1 aliphatic carbocycles.